The summed E-state index contributed by atoms with van der Waals surface area (Å²) in [6, 6.07) is 0. The third-order valence-electron chi connectivity index (χ3n) is 3.17. The Morgan fingerprint density at radius 3 is 2.50 bits per heavy atom. The van der Waals surface area contributed by atoms with Crippen LogP contribution in [-0.2, 0) is 9.47 Å². The first-order chi connectivity index (χ1) is 5.68. The summed E-state index contributed by atoms with van der Waals surface area (Å²) in [4.78, 5) is 0. The van der Waals surface area contributed by atoms with Crippen molar-refractivity contribution in [1.82, 2.24) is 0 Å². The van der Waals surface area contributed by atoms with Gasteiger partial charge in [-0.15, -0.1) is 0 Å². The van der Waals surface area contributed by atoms with E-state index in [1.807, 2.05) is 0 Å². The van der Waals surface area contributed by atoms with Crippen LogP contribution in [0.5, 0.6) is 0 Å². The quantitative estimate of drug-likeness (QED) is 0.599. The molecule has 1 saturated heterocycles. The van der Waals surface area contributed by atoms with E-state index in [2.05, 4.69) is 13.8 Å². The second-order valence-corrected chi connectivity index (χ2v) is 4.36. The lowest BCUT2D eigenvalue weighted by molar-refractivity contribution is -0.163. The Hall–Kier alpha value is -0.0800. The first kappa shape index (κ1) is 8.52. The second-order valence-electron chi connectivity index (χ2n) is 4.36. The molecule has 2 fully saturated rings. The Balaban J connectivity index is 2.10. The molecule has 1 spiro atoms. The summed E-state index contributed by atoms with van der Waals surface area (Å²) in [6.45, 7) is 4.44. The van der Waals surface area contributed by atoms with Gasteiger partial charge < -0.3 is 9.47 Å². The molecule has 0 aromatic carbocycles. The summed E-state index contributed by atoms with van der Waals surface area (Å²) in [5.41, 5.74) is 0.117. The average Bonchev–Trinajstić information content (AvgIpc) is 2.68. The van der Waals surface area contributed by atoms with Gasteiger partial charge in [-0.3, -0.25) is 0 Å². The lowest BCUT2D eigenvalue weighted by Crippen LogP contribution is -2.46. The molecular formula is C10H18O2. The van der Waals surface area contributed by atoms with Gasteiger partial charge in [0.25, 0.3) is 0 Å². The highest BCUT2D eigenvalue weighted by Gasteiger charge is 2.56. The summed E-state index contributed by atoms with van der Waals surface area (Å²) in [5, 5.41) is 0. The van der Waals surface area contributed by atoms with E-state index >= 15 is 0 Å². The van der Waals surface area contributed by atoms with E-state index < -0.39 is 0 Å². The zero-order chi connectivity index (χ0) is 8.77. The minimum Gasteiger partial charge on any atom is -0.378 e. The van der Waals surface area contributed by atoms with Crippen molar-refractivity contribution in [1.29, 1.82) is 0 Å². The van der Waals surface area contributed by atoms with Crippen molar-refractivity contribution in [3.05, 3.63) is 0 Å². The fourth-order valence-electron chi connectivity index (χ4n) is 2.65. The van der Waals surface area contributed by atoms with E-state index in [9.17, 15) is 0 Å². The van der Waals surface area contributed by atoms with Gasteiger partial charge in [0.05, 0.1) is 17.8 Å². The van der Waals surface area contributed by atoms with E-state index in [0.29, 0.717) is 18.1 Å². The van der Waals surface area contributed by atoms with Crippen LogP contribution >= 0.6 is 0 Å². The van der Waals surface area contributed by atoms with Gasteiger partial charge in [-0.2, -0.15) is 0 Å². The summed E-state index contributed by atoms with van der Waals surface area (Å²) in [5.74, 6) is 0.654. The van der Waals surface area contributed by atoms with Crippen LogP contribution in [0.1, 0.15) is 33.1 Å². The van der Waals surface area contributed by atoms with E-state index in [1.54, 1.807) is 7.11 Å². The Morgan fingerprint density at radius 1 is 1.33 bits per heavy atom. The lowest BCUT2D eigenvalue weighted by Gasteiger charge is -2.39. The van der Waals surface area contributed by atoms with Crippen LogP contribution in [0.15, 0.2) is 0 Å². The van der Waals surface area contributed by atoms with Crippen molar-refractivity contribution in [2.24, 2.45) is 5.92 Å². The Labute approximate surface area is 74.2 Å². The summed E-state index contributed by atoms with van der Waals surface area (Å²) in [7, 11) is 1.81. The molecule has 0 aromatic heterocycles. The van der Waals surface area contributed by atoms with Crippen LogP contribution in [0.25, 0.3) is 0 Å². The Morgan fingerprint density at radius 2 is 2.00 bits per heavy atom. The molecule has 2 rings (SSSR count). The van der Waals surface area contributed by atoms with Gasteiger partial charge in [0.2, 0.25) is 0 Å². The largest absolute Gasteiger partial charge is 0.378 e. The van der Waals surface area contributed by atoms with Gasteiger partial charge in [-0.1, -0.05) is 6.92 Å². The maximum atomic E-state index is 5.93. The third-order valence-corrected chi connectivity index (χ3v) is 3.17. The van der Waals surface area contributed by atoms with Crippen molar-refractivity contribution < 1.29 is 9.47 Å². The van der Waals surface area contributed by atoms with Crippen LogP contribution < -0.4 is 0 Å². The molecule has 2 nitrogen and oxygen atoms in total. The summed E-state index contributed by atoms with van der Waals surface area (Å²) in [6.07, 6.45) is 4.29. The standard InChI is InChI=1S/C10H18O2/c1-7-6-8(2)12-10(4-5-10)9(7)11-3/h7-9H,4-6H2,1-3H3/t7-,8+,9+/m0/s1. The molecule has 0 unspecified atom stereocenters. The van der Waals surface area contributed by atoms with Gasteiger partial charge in [-0.25, -0.2) is 0 Å². The third kappa shape index (κ3) is 1.17. The molecule has 2 aliphatic rings. The molecule has 0 aromatic rings. The normalized spacial score (nSPS) is 44.8. The molecule has 2 heteroatoms. The molecule has 1 aliphatic heterocycles. The zero-order valence-corrected chi connectivity index (χ0v) is 8.17. The molecule has 3 atom stereocenters. The van der Waals surface area contributed by atoms with Gasteiger partial charge >= 0.3 is 0 Å². The monoisotopic (exact) mass is 170 g/mol. The van der Waals surface area contributed by atoms with Crippen molar-refractivity contribution in [3.8, 4) is 0 Å². The number of methoxy groups -OCH3 is 1. The molecule has 0 radical (unpaired) electrons. The van der Waals surface area contributed by atoms with E-state index in [-0.39, 0.29) is 5.60 Å². The Bertz CT molecular complexity index is 175. The van der Waals surface area contributed by atoms with Gasteiger partial charge in [0.1, 0.15) is 0 Å². The van der Waals surface area contributed by atoms with Crippen LogP contribution in [-0.4, -0.2) is 24.9 Å². The van der Waals surface area contributed by atoms with Crippen molar-refractivity contribution in [2.75, 3.05) is 7.11 Å². The molecule has 70 valence electrons. The molecule has 12 heavy (non-hydrogen) atoms. The molecule has 1 saturated carbocycles. The highest BCUT2D eigenvalue weighted by molar-refractivity contribution is 5.07. The van der Waals surface area contributed by atoms with Crippen LogP contribution in [0, 0.1) is 5.92 Å². The number of ether oxygens (including phenoxy) is 2. The Kier molecular flexibility index (Phi) is 1.92. The van der Waals surface area contributed by atoms with E-state index in [1.165, 1.54) is 12.8 Å². The number of hydrogen-bond acceptors (Lipinski definition) is 2. The highest BCUT2D eigenvalue weighted by atomic mass is 16.6. The second kappa shape index (κ2) is 2.71. The maximum Gasteiger partial charge on any atom is 0.0951 e. The first-order valence-corrected chi connectivity index (χ1v) is 4.88. The summed E-state index contributed by atoms with van der Waals surface area (Å²) >= 11 is 0. The lowest BCUT2D eigenvalue weighted by atomic mass is 9.89. The van der Waals surface area contributed by atoms with Gasteiger partial charge in [-0.05, 0) is 32.1 Å². The van der Waals surface area contributed by atoms with E-state index in [4.69, 9.17) is 9.47 Å². The molecule has 1 heterocycles. The van der Waals surface area contributed by atoms with Crippen molar-refractivity contribution in [3.63, 3.8) is 0 Å². The van der Waals surface area contributed by atoms with Crippen LogP contribution in [0.4, 0.5) is 0 Å². The SMILES string of the molecule is CO[C@@H]1[C@@H](C)C[C@@H](C)OC12CC2. The van der Waals surface area contributed by atoms with Gasteiger partial charge in [0, 0.05) is 7.11 Å². The number of hydrogen-bond donors (Lipinski definition) is 0. The summed E-state index contributed by atoms with van der Waals surface area (Å²) < 4.78 is 11.4. The fraction of sp³-hybridized carbons (Fsp3) is 1.00. The topological polar surface area (TPSA) is 18.5 Å². The fourth-order valence-corrected chi connectivity index (χ4v) is 2.65. The molecule has 1 aliphatic carbocycles. The maximum absolute atomic E-state index is 5.93. The predicted molar refractivity (Wildman–Crippen MR) is 47.1 cm³/mol. The zero-order valence-electron chi connectivity index (χ0n) is 8.17. The van der Waals surface area contributed by atoms with Crippen molar-refractivity contribution in [2.45, 2.75) is 50.9 Å². The minimum absolute atomic E-state index is 0.117. The first-order valence-electron chi connectivity index (χ1n) is 4.88. The highest BCUT2D eigenvalue weighted by Crippen LogP contribution is 2.50. The average molecular weight is 170 g/mol. The van der Waals surface area contributed by atoms with E-state index in [0.717, 1.165) is 6.42 Å². The molecular weight excluding hydrogens is 152 g/mol. The van der Waals surface area contributed by atoms with Gasteiger partial charge in [0.15, 0.2) is 0 Å². The van der Waals surface area contributed by atoms with Crippen molar-refractivity contribution >= 4 is 0 Å². The molecule has 0 amide bonds. The molecule has 0 N–H and O–H groups in total. The smallest absolute Gasteiger partial charge is 0.0951 e. The predicted octanol–water partition coefficient (Wildman–Crippen LogP) is 1.98. The van der Waals surface area contributed by atoms with Crippen LogP contribution in [0.2, 0.25) is 0 Å². The minimum atomic E-state index is 0.117. The molecule has 0 bridgehead atoms. The van der Waals surface area contributed by atoms with Crippen LogP contribution in [0.3, 0.4) is 0 Å². The number of rotatable bonds is 1.